The molecule has 4 nitrogen and oxygen atoms in total. The van der Waals surface area contributed by atoms with Crippen molar-refractivity contribution < 1.29 is 19.7 Å². The molecule has 1 aromatic rings. The van der Waals surface area contributed by atoms with Crippen molar-refractivity contribution in [3.63, 3.8) is 0 Å². The van der Waals surface area contributed by atoms with Crippen LogP contribution in [-0.2, 0) is 4.74 Å². The van der Waals surface area contributed by atoms with Gasteiger partial charge in [0.1, 0.15) is 6.10 Å². The van der Waals surface area contributed by atoms with Gasteiger partial charge in [-0.3, -0.25) is 0 Å². The first-order valence-corrected chi connectivity index (χ1v) is 4.23. The van der Waals surface area contributed by atoms with E-state index in [1.54, 1.807) is 12.1 Å². The van der Waals surface area contributed by atoms with E-state index in [2.05, 4.69) is 0 Å². The molecule has 0 aliphatic rings. The van der Waals surface area contributed by atoms with Gasteiger partial charge in [-0.05, 0) is 17.7 Å². The molecule has 0 fully saturated rings. The Bertz CT molecular complexity index is 294. The van der Waals surface area contributed by atoms with Crippen LogP contribution in [-0.4, -0.2) is 31.0 Å². The fraction of sp³-hybridized carbons (Fsp3) is 0.400. The maximum atomic E-state index is 9.33. The number of aliphatic hydroxyl groups excluding tert-OH is 1. The van der Waals surface area contributed by atoms with Crippen LogP contribution >= 0.6 is 0 Å². The molecule has 0 heterocycles. The Hall–Kier alpha value is -1.26. The molecule has 0 saturated heterocycles. The lowest BCUT2D eigenvalue weighted by atomic mass is 10.1. The lowest BCUT2D eigenvalue weighted by Gasteiger charge is -2.14. The summed E-state index contributed by atoms with van der Waals surface area (Å²) in [5, 5.41) is 18.3. The smallest absolute Gasteiger partial charge is 0.160 e. The molecule has 1 atom stereocenters. The molecular formula is C10H14O4. The summed E-state index contributed by atoms with van der Waals surface area (Å²) < 4.78 is 9.98. The first-order chi connectivity index (χ1) is 6.72. The third-order valence-corrected chi connectivity index (χ3v) is 2.03. The highest BCUT2D eigenvalue weighted by molar-refractivity contribution is 5.42. The number of methoxy groups -OCH3 is 2. The van der Waals surface area contributed by atoms with Crippen molar-refractivity contribution in [1.29, 1.82) is 0 Å². The molecule has 4 heteroatoms. The zero-order valence-electron chi connectivity index (χ0n) is 8.23. The third-order valence-electron chi connectivity index (χ3n) is 2.03. The van der Waals surface area contributed by atoms with Gasteiger partial charge in [0, 0.05) is 7.11 Å². The van der Waals surface area contributed by atoms with Crippen LogP contribution in [0.2, 0.25) is 0 Å². The quantitative estimate of drug-likeness (QED) is 0.760. The Balaban J connectivity index is 2.98. The van der Waals surface area contributed by atoms with Crippen LogP contribution in [0.5, 0.6) is 11.5 Å². The number of ether oxygens (including phenoxy) is 2. The molecular weight excluding hydrogens is 184 g/mol. The first kappa shape index (κ1) is 10.8. The number of benzene rings is 1. The van der Waals surface area contributed by atoms with Gasteiger partial charge in [0.2, 0.25) is 0 Å². The van der Waals surface area contributed by atoms with E-state index in [1.807, 2.05) is 0 Å². The number of phenols is 1. The number of rotatable bonds is 4. The lowest BCUT2D eigenvalue weighted by molar-refractivity contribution is 0.0482. The Kier molecular flexibility index (Phi) is 3.73. The molecule has 0 radical (unpaired) electrons. The summed E-state index contributed by atoms with van der Waals surface area (Å²) in [6.45, 7) is -0.107. The van der Waals surface area contributed by atoms with Crippen molar-refractivity contribution in [1.82, 2.24) is 0 Å². The third kappa shape index (κ3) is 2.16. The molecule has 0 bridgehead atoms. The van der Waals surface area contributed by atoms with Crippen LogP contribution in [0.3, 0.4) is 0 Å². The van der Waals surface area contributed by atoms with Gasteiger partial charge in [-0.25, -0.2) is 0 Å². The summed E-state index contributed by atoms with van der Waals surface area (Å²) in [5.41, 5.74) is 0.768. The number of aliphatic hydroxyl groups is 1. The molecule has 0 aromatic heterocycles. The standard InChI is InChI=1S/C10H14O4/c1-13-9-5-7(3-4-8(9)12)10(6-11)14-2/h3-5,10-12H,6H2,1-2H3. The number of hydrogen-bond acceptors (Lipinski definition) is 4. The number of aromatic hydroxyl groups is 1. The average Bonchev–Trinajstić information content (AvgIpc) is 2.22. The van der Waals surface area contributed by atoms with Crippen LogP contribution < -0.4 is 4.74 Å². The number of hydrogen-bond donors (Lipinski definition) is 2. The second kappa shape index (κ2) is 4.83. The van der Waals surface area contributed by atoms with Crippen molar-refractivity contribution in [2.45, 2.75) is 6.10 Å². The Morgan fingerprint density at radius 2 is 2.07 bits per heavy atom. The maximum Gasteiger partial charge on any atom is 0.160 e. The second-order valence-electron chi connectivity index (χ2n) is 2.84. The normalized spacial score (nSPS) is 12.5. The molecule has 0 spiro atoms. The van der Waals surface area contributed by atoms with E-state index in [0.29, 0.717) is 5.75 Å². The predicted molar refractivity (Wildman–Crippen MR) is 51.5 cm³/mol. The van der Waals surface area contributed by atoms with Gasteiger partial charge in [-0.1, -0.05) is 6.07 Å². The topological polar surface area (TPSA) is 58.9 Å². The fourth-order valence-electron chi connectivity index (χ4n) is 1.21. The van der Waals surface area contributed by atoms with Crippen LogP contribution in [0.15, 0.2) is 18.2 Å². The van der Waals surface area contributed by atoms with Crippen LogP contribution in [0.25, 0.3) is 0 Å². The molecule has 0 saturated carbocycles. The minimum Gasteiger partial charge on any atom is -0.504 e. The highest BCUT2D eigenvalue weighted by Crippen LogP contribution is 2.29. The van der Waals surface area contributed by atoms with Crippen molar-refractivity contribution >= 4 is 0 Å². The SMILES string of the molecule is COc1cc(C(CO)OC)ccc1O. The molecule has 0 aliphatic carbocycles. The van der Waals surface area contributed by atoms with E-state index in [9.17, 15) is 5.11 Å². The van der Waals surface area contributed by atoms with Crippen LogP contribution in [0.4, 0.5) is 0 Å². The zero-order valence-corrected chi connectivity index (χ0v) is 8.23. The summed E-state index contributed by atoms with van der Waals surface area (Å²) in [7, 11) is 2.99. The predicted octanol–water partition coefficient (Wildman–Crippen LogP) is 1.08. The highest BCUT2D eigenvalue weighted by atomic mass is 16.5. The van der Waals surface area contributed by atoms with Gasteiger partial charge in [0.25, 0.3) is 0 Å². The molecule has 1 unspecified atom stereocenters. The highest BCUT2D eigenvalue weighted by Gasteiger charge is 2.11. The fourth-order valence-corrected chi connectivity index (χ4v) is 1.21. The Labute approximate surface area is 82.7 Å². The summed E-state index contributed by atoms with van der Waals surface area (Å²) in [6, 6.07) is 4.83. The maximum absolute atomic E-state index is 9.33. The van der Waals surface area contributed by atoms with Crippen molar-refractivity contribution in [3.05, 3.63) is 23.8 Å². The van der Waals surface area contributed by atoms with Crippen molar-refractivity contribution in [3.8, 4) is 11.5 Å². The van der Waals surface area contributed by atoms with Gasteiger partial charge in [-0.15, -0.1) is 0 Å². The van der Waals surface area contributed by atoms with E-state index in [0.717, 1.165) is 5.56 Å². The molecule has 1 aromatic carbocycles. The van der Waals surface area contributed by atoms with E-state index < -0.39 is 0 Å². The zero-order chi connectivity index (χ0) is 10.6. The lowest BCUT2D eigenvalue weighted by Crippen LogP contribution is -2.06. The molecule has 78 valence electrons. The average molecular weight is 198 g/mol. The minimum atomic E-state index is -0.385. The van der Waals surface area contributed by atoms with Gasteiger partial charge in [0.15, 0.2) is 11.5 Å². The summed E-state index contributed by atoms with van der Waals surface area (Å²) in [6.07, 6.45) is -0.385. The molecule has 14 heavy (non-hydrogen) atoms. The first-order valence-electron chi connectivity index (χ1n) is 4.23. The van der Waals surface area contributed by atoms with Gasteiger partial charge >= 0.3 is 0 Å². The van der Waals surface area contributed by atoms with Crippen LogP contribution in [0, 0.1) is 0 Å². The van der Waals surface area contributed by atoms with Gasteiger partial charge < -0.3 is 19.7 Å². The molecule has 0 amide bonds. The van der Waals surface area contributed by atoms with E-state index in [4.69, 9.17) is 14.6 Å². The van der Waals surface area contributed by atoms with Crippen LogP contribution in [0.1, 0.15) is 11.7 Å². The molecule has 0 aliphatic heterocycles. The summed E-state index contributed by atoms with van der Waals surface area (Å²) in [4.78, 5) is 0. The van der Waals surface area contributed by atoms with E-state index in [1.165, 1.54) is 20.3 Å². The Morgan fingerprint density at radius 3 is 2.57 bits per heavy atom. The second-order valence-corrected chi connectivity index (χ2v) is 2.84. The minimum absolute atomic E-state index is 0.0732. The summed E-state index contributed by atoms with van der Waals surface area (Å²) >= 11 is 0. The Morgan fingerprint density at radius 1 is 1.36 bits per heavy atom. The van der Waals surface area contributed by atoms with Gasteiger partial charge in [-0.2, -0.15) is 0 Å². The monoisotopic (exact) mass is 198 g/mol. The van der Waals surface area contributed by atoms with Crippen molar-refractivity contribution in [2.75, 3.05) is 20.8 Å². The van der Waals surface area contributed by atoms with Crippen molar-refractivity contribution in [2.24, 2.45) is 0 Å². The largest absolute Gasteiger partial charge is 0.504 e. The molecule has 1 rings (SSSR count). The van der Waals surface area contributed by atoms with E-state index >= 15 is 0 Å². The summed E-state index contributed by atoms with van der Waals surface area (Å²) in [5.74, 6) is 0.446. The number of phenolic OH excluding ortho intramolecular Hbond substituents is 1. The molecule has 2 N–H and O–H groups in total. The van der Waals surface area contributed by atoms with E-state index in [-0.39, 0.29) is 18.5 Å². The van der Waals surface area contributed by atoms with Gasteiger partial charge in [0.05, 0.1) is 13.7 Å².